The van der Waals surface area contributed by atoms with E-state index in [9.17, 15) is 0 Å². The van der Waals surface area contributed by atoms with Gasteiger partial charge in [-0.15, -0.1) is 0 Å². The molecule has 0 amide bonds. The van der Waals surface area contributed by atoms with E-state index in [1.165, 1.54) is 44.9 Å². The lowest BCUT2D eigenvalue weighted by atomic mass is 10.0. The van der Waals surface area contributed by atoms with Crippen LogP contribution in [0, 0.1) is 5.92 Å². The molecule has 0 aliphatic heterocycles. The van der Waals surface area contributed by atoms with Crippen molar-refractivity contribution in [3.8, 4) is 0 Å². The Morgan fingerprint density at radius 2 is 1.71 bits per heavy atom. The van der Waals surface area contributed by atoms with Crippen LogP contribution in [0.5, 0.6) is 0 Å². The number of hydrogen-bond donors (Lipinski definition) is 1. The quantitative estimate of drug-likeness (QED) is 0.762. The summed E-state index contributed by atoms with van der Waals surface area (Å²) < 4.78 is 0. The molecule has 0 aromatic heterocycles. The van der Waals surface area contributed by atoms with E-state index in [4.69, 9.17) is 5.73 Å². The summed E-state index contributed by atoms with van der Waals surface area (Å²) in [6.45, 7) is 2.35. The van der Waals surface area contributed by atoms with Crippen LogP contribution in [0.1, 0.15) is 51.9 Å². The first-order valence-electron chi connectivity index (χ1n) is 6.18. The van der Waals surface area contributed by atoms with Gasteiger partial charge in [0.05, 0.1) is 0 Å². The van der Waals surface area contributed by atoms with Crippen molar-refractivity contribution in [2.45, 2.75) is 68.4 Å². The summed E-state index contributed by atoms with van der Waals surface area (Å²) in [6, 6.07) is 0.482. The van der Waals surface area contributed by atoms with Crippen molar-refractivity contribution in [2.24, 2.45) is 11.7 Å². The summed E-state index contributed by atoms with van der Waals surface area (Å²) >= 11 is 2.26. The highest BCUT2D eigenvalue weighted by molar-refractivity contribution is 8.00. The average Bonchev–Trinajstić information content (AvgIpc) is 2.52. The molecule has 0 saturated heterocycles. The van der Waals surface area contributed by atoms with Gasteiger partial charge in [-0.05, 0) is 31.6 Å². The fourth-order valence-electron chi connectivity index (χ4n) is 2.80. The van der Waals surface area contributed by atoms with Gasteiger partial charge in [0.25, 0.3) is 0 Å². The minimum atomic E-state index is 0.482. The molecule has 14 heavy (non-hydrogen) atoms. The number of nitrogens with two attached hydrogens (primary N) is 1. The van der Waals surface area contributed by atoms with Crippen LogP contribution in [-0.4, -0.2) is 16.5 Å². The molecule has 2 heteroatoms. The van der Waals surface area contributed by atoms with Gasteiger partial charge in [0.2, 0.25) is 0 Å². The zero-order chi connectivity index (χ0) is 9.97. The third kappa shape index (κ3) is 2.46. The van der Waals surface area contributed by atoms with Gasteiger partial charge in [-0.3, -0.25) is 0 Å². The molecule has 82 valence electrons. The van der Waals surface area contributed by atoms with Gasteiger partial charge < -0.3 is 5.73 Å². The number of rotatable bonds is 2. The maximum atomic E-state index is 6.06. The summed E-state index contributed by atoms with van der Waals surface area (Å²) in [5.41, 5.74) is 6.06. The second-order valence-corrected chi connectivity index (χ2v) is 6.58. The summed E-state index contributed by atoms with van der Waals surface area (Å²) in [7, 11) is 0. The standard InChI is InChI=1S/C12H23NS/c1-9-11(13)7-8-12(9)14-10-5-3-2-4-6-10/h9-12H,2-8,13H2,1H3. The van der Waals surface area contributed by atoms with Crippen LogP contribution in [0.3, 0.4) is 0 Å². The Bertz CT molecular complexity index is 177. The smallest absolute Gasteiger partial charge is 0.00907 e. The van der Waals surface area contributed by atoms with E-state index in [0.29, 0.717) is 6.04 Å². The fraction of sp³-hybridized carbons (Fsp3) is 1.00. The van der Waals surface area contributed by atoms with Crippen LogP contribution in [0.2, 0.25) is 0 Å². The highest BCUT2D eigenvalue weighted by atomic mass is 32.2. The molecule has 0 aromatic rings. The Hall–Kier alpha value is 0.310. The zero-order valence-corrected chi connectivity index (χ0v) is 10.1. The van der Waals surface area contributed by atoms with E-state index in [2.05, 4.69) is 18.7 Å². The SMILES string of the molecule is CC1C(N)CCC1SC1CCCCC1. The van der Waals surface area contributed by atoms with Crippen LogP contribution in [0.15, 0.2) is 0 Å². The minimum absolute atomic E-state index is 0.482. The molecule has 2 aliphatic rings. The van der Waals surface area contributed by atoms with Gasteiger partial charge in [-0.1, -0.05) is 26.2 Å². The summed E-state index contributed by atoms with van der Waals surface area (Å²) in [6.07, 6.45) is 9.94. The third-order valence-electron chi connectivity index (χ3n) is 3.97. The second kappa shape index (κ2) is 4.89. The Balaban J connectivity index is 1.79. The van der Waals surface area contributed by atoms with Crippen molar-refractivity contribution >= 4 is 11.8 Å². The molecule has 1 nitrogen and oxygen atoms in total. The van der Waals surface area contributed by atoms with E-state index in [-0.39, 0.29) is 0 Å². The molecular weight excluding hydrogens is 190 g/mol. The monoisotopic (exact) mass is 213 g/mol. The van der Waals surface area contributed by atoms with Crippen LogP contribution in [0.4, 0.5) is 0 Å². The zero-order valence-electron chi connectivity index (χ0n) is 9.24. The third-order valence-corrected chi connectivity index (χ3v) is 5.84. The molecule has 3 unspecified atom stereocenters. The maximum Gasteiger partial charge on any atom is 0.00907 e. The molecule has 2 aliphatic carbocycles. The first-order chi connectivity index (χ1) is 6.77. The molecule has 2 saturated carbocycles. The van der Waals surface area contributed by atoms with Crippen LogP contribution < -0.4 is 5.73 Å². The van der Waals surface area contributed by atoms with Crippen LogP contribution >= 0.6 is 11.8 Å². The lowest BCUT2D eigenvalue weighted by molar-refractivity contribution is 0.506. The van der Waals surface area contributed by atoms with E-state index in [0.717, 1.165) is 16.4 Å². The summed E-state index contributed by atoms with van der Waals surface area (Å²) in [5.74, 6) is 0.752. The predicted octanol–water partition coefficient (Wildman–Crippen LogP) is 3.18. The molecular formula is C12H23NS. The van der Waals surface area contributed by atoms with Gasteiger partial charge in [0.15, 0.2) is 0 Å². The van der Waals surface area contributed by atoms with E-state index in [1.807, 2.05) is 0 Å². The molecule has 3 atom stereocenters. The van der Waals surface area contributed by atoms with Gasteiger partial charge in [0.1, 0.15) is 0 Å². The molecule has 0 heterocycles. The molecule has 2 rings (SSSR count). The van der Waals surface area contributed by atoms with Gasteiger partial charge in [-0.2, -0.15) is 11.8 Å². The van der Waals surface area contributed by atoms with Crippen molar-refractivity contribution < 1.29 is 0 Å². The normalized spacial score (nSPS) is 40.3. The Morgan fingerprint density at radius 3 is 2.29 bits per heavy atom. The Kier molecular flexibility index (Phi) is 3.78. The van der Waals surface area contributed by atoms with Crippen molar-refractivity contribution in [3.05, 3.63) is 0 Å². The maximum absolute atomic E-state index is 6.06. The lowest BCUT2D eigenvalue weighted by Crippen LogP contribution is -2.27. The van der Waals surface area contributed by atoms with Gasteiger partial charge in [0, 0.05) is 16.5 Å². The highest BCUT2D eigenvalue weighted by Crippen LogP contribution is 2.40. The first-order valence-corrected chi connectivity index (χ1v) is 7.12. The molecule has 0 bridgehead atoms. The van der Waals surface area contributed by atoms with Crippen LogP contribution in [-0.2, 0) is 0 Å². The van der Waals surface area contributed by atoms with Crippen LogP contribution in [0.25, 0.3) is 0 Å². The summed E-state index contributed by atoms with van der Waals surface area (Å²) in [4.78, 5) is 0. The average molecular weight is 213 g/mol. The van der Waals surface area contributed by atoms with Crippen molar-refractivity contribution in [1.29, 1.82) is 0 Å². The van der Waals surface area contributed by atoms with Crippen molar-refractivity contribution in [3.63, 3.8) is 0 Å². The number of hydrogen-bond acceptors (Lipinski definition) is 2. The van der Waals surface area contributed by atoms with Crippen molar-refractivity contribution in [1.82, 2.24) is 0 Å². The van der Waals surface area contributed by atoms with E-state index >= 15 is 0 Å². The van der Waals surface area contributed by atoms with E-state index in [1.54, 1.807) is 0 Å². The summed E-state index contributed by atoms with van der Waals surface area (Å²) in [5, 5.41) is 1.83. The molecule has 0 radical (unpaired) electrons. The van der Waals surface area contributed by atoms with E-state index < -0.39 is 0 Å². The fourth-order valence-corrected chi connectivity index (χ4v) is 4.62. The first kappa shape index (κ1) is 10.8. The van der Waals surface area contributed by atoms with Gasteiger partial charge >= 0.3 is 0 Å². The molecule has 2 fully saturated rings. The molecule has 2 N–H and O–H groups in total. The molecule has 0 aromatic carbocycles. The minimum Gasteiger partial charge on any atom is -0.327 e. The number of thioether (sulfide) groups is 1. The predicted molar refractivity (Wildman–Crippen MR) is 64.6 cm³/mol. The second-order valence-electron chi connectivity index (χ2n) is 5.03. The van der Waals surface area contributed by atoms with Gasteiger partial charge in [-0.25, -0.2) is 0 Å². The molecule has 0 spiro atoms. The Morgan fingerprint density at radius 1 is 1.00 bits per heavy atom. The van der Waals surface area contributed by atoms with Crippen molar-refractivity contribution in [2.75, 3.05) is 0 Å². The Labute approximate surface area is 92.2 Å². The largest absolute Gasteiger partial charge is 0.327 e. The topological polar surface area (TPSA) is 26.0 Å². The highest BCUT2D eigenvalue weighted by Gasteiger charge is 2.32. The lowest BCUT2D eigenvalue weighted by Gasteiger charge is -2.26.